The number of para-hydroxylation sites is 2. The summed E-state index contributed by atoms with van der Waals surface area (Å²) in [5.74, 6) is 0.543. The van der Waals surface area contributed by atoms with Crippen LogP contribution in [-0.4, -0.2) is 24.6 Å². The lowest BCUT2D eigenvalue weighted by Gasteiger charge is -2.29. The lowest BCUT2D eigenvalue weighted by Crippen LogP contribution is -2.51. The van der Waals surface area contributed by atoms with Crippen molar-refractivity contribution in [2.45, 2.75) is 32.4 Å². The van der Waals surface area contributed by atoms with Crippen molar-refractivity contribution >= 4 is 17.6 Å². The number of urea groups is 1. The van der Waals surface area contributed by atoms with Crippen LogP contribution in [0.3, 0.4) is 0 Å². The second kappa shape index (κ2) is 8.58. The lowest BCUT2D eigenvalue weighted by atomic mass is 9.98. The summed E-state index contributed by atoms with van der Waals surface area (Å²) >= 11 is 0. The molecule has 2 atom stereocenters. The van der Waals surface area contributed by atoms with Gasteiger partial charge in [0.2, 0.25) is 5.91 Å². The van der Waals surface area contributed by atoms with E-state index < -0.39 is 12.1 Å². The molecule has 2 aromatic rings. The van der Waals surface area contributed by atoms with Gasteiger partial charge in [-0.25, -0.2) is 4.79 Å². The maximum atomic E-state index is 12.9. The number of carbonyl (C=O) groups is 2. The van der Waals surface area contributed by atoms with E-state index in [1.165, 1.54) is 0 Å². The van der Waals surface area contributed by atoms with Gasteiger partial charge in [-0.2, -0.15) is 0 Å². The Bertz CT molecular complexity index is 792. The molecular formula is C21H25N3O3. The summed E-state index contributed by atoms with van der Waals surface area (Å²) in [6.45, 7) is 4.37. The number of rotatable bonds is 5. The Kier molecular flexibility index (Phi) is 5.96. The predicted octanol–water partition coefficient (Wildman–Crippen LogP) is 3.47. The molecule has 2 aromatic carbocycles. The molecule has 0 unspecified atom stereocenters. The first-order valence-electron chi connectivity index (χ1n) is 9.19. The molecule has 1 heterocycles. The van der Waals surface area contributed by atoms with Gasteiger partial charge in [-0.05, 0) is 24.1 Å². The summed E-state index contributed by atoms with van der Waals surface area (Å²) in [6.07, 6.45) is 0.698. The Morgan fingerprint density at radius 3 is 2.48 bits per heavy atom. The van der Waals surface area contributed by atoms with Crippen LogP contribution in [0.1, 0.15) is 31.9 Å². The van der Waals surface area contributed by atoms with Crippen molar-refractivity contribution < 1.29 is 14.3 Å². The standard InChI is InChI=1S/C21H25N3O3/c1-14(2)19(24-21(26)22-15-8-4-3-5-9-15)20(25)23-17-12-13-27-18-11-7-6-10-16(17)18/h3-11,14,17,19H,12-13H2,1-2H3,(H,23,25)(H2,22,24,26)/t17-,19+/m1/s1. The summed E-state index contributed by atoms with van der Waals surface area (Å²) in [7, 11) is 0. The van der Waals surface area contributed by atoms with Gasteiger partial charge < -0.3 is 20.7 Å². The number of amides is 3. The second-order valence-electron chi connectivity index (χ2n) is 6.92. The molecule has 27 heavy (non-hydrogen) atoms. The fourth-order valence-electron chi connectivity index (χ4n) is 3.12. The normalized spacial score (nSPS) is 16.6. The molecule has 6 nitrogen and oxygen atoms in total. The number of ether oxygens (including phenoxy) is 1. The van der Waals surface area contributed by atoms with E-state index >= 15 is 0 Å². The Morgan fingerprint density at radius 1 is 1.04 bits per heavy atom. The molecule has 0 bridgehead atoms. The first-order chi connectivity index (χ1) is 13.0. The highest BCUT2D eigenvalue weighted by Gasteiger charge is 2.29. The largest absolute Gasteiger partial charge is 0.493 e. The van der Waals surface area contributed by atoms with E-state index in [-0.39, 0.29) is 17.9 Å². The van der Waals surface area contributed by atoms with Crippen LogP contribution in [0, 0.1) is 5.92 Å². The molecule has 0 fully saturated rings. The van der Waals surface area contributed by atoms with E-state index in [9.17, 15) is 9.59 Å². The van der Waals surface area contributed by atoms with Gasteiger partial charge in [-0.15, -0.1) is 0 Å². The Balaban J connectivity index is 1.65. The lowest BCUT2D eigenvalue weighted by molar-refractivity contribution is -0.124. The Labute approximate surface area is 159 Å². The van der Waals surface area contributed by atoms with Crippen LogP contribution in [0.2, 0.25) is 0 Å². The third-order valence-corrected chi connectivity index (χ3v) is 4.54. The van der Waals surface area contributed by atoms with E-state index in [0.29, 0.717) is 18.7 Å². The number of carbonyl (C=O) groups excluding carboxylic acids is 2. The molecule has 3 N–H and O–H groups in total. The van der Waals surface area contributed by atoms with Crippen molar-refractivity contribution in [3.63, 3.8) is 0 Å². The average molecular weight is 367 g/mol. The molecular weight excluding hydrogens is 342 g/mol. The van der Waals surface area contributed by atoms with Gasteiger partial charge in [0, 0.05) is 17.7 Å². The van der Waals surface area contributed by atoms with Crippen LogP contribution in [0.15, 0.2) is 54.6 Å². The van der Waals surface area contributed by atoms with Crippen molar-refractivity contribution in [3.05, 3.63) is 60.2 Å². The zero-order valence-electron chi connectivity index (χ0n) is 15.6. The molecule has 0 saturated heterocycles. The van der Waals surface area contributed by atoms with Gasteiger partial charge in [0.05, 0.1) is 12.6 Å². The molecule has 0 saturated carbocycles. The maximum Gasteiger partial charge on any atom is 0.319 e. The zero-order valence-corrected chi connectivity index (χ0v) is 15.6. The van der Waals surface area contributed by atoms with E-state index in [4.69, 9.17) is 4.74 Å². The minimum atomic E-state index is -0.635. The number of anilines is 1. The monoisotopic (exact) mass is 367 g/mol. The first kappa shape index (κ1) is 18.8. The maximum absolute atomic E-state index is 12.9. The molecule has 6 heteroatoms. The minimum absolute atomic E-state index is 0.0541. The fraction of sp³-hybridized carbons (Fsp3) is 0.333. The first-order valence-corrected chi connectivity index (χ1v) is 9.19. The van der Waals surface area contributed by atoms with Crippen molar-refractivity contribution in [1.82, 2.24) is 10.6 Å². The molecule has 1 aliphatic rings. The van der Waals surface area contributed by atoms with E-state index in [1.54, 1.807) is 12.1 Å². The average Bonchev–Trinajstić information content (AvgIpc) is 2.67. The van der Waals surface area contributed by atoms with Crippen molar-refractivity contribution in [3.8, 4) is 5.75 Å². The van der Waals surface area contributed by atoms with E-state index in [1.807, 2.05) is 56.3 Å². The van der Waals surface area contributed by atoms with Crippen LogP contribution in [0.4, 0.5) is 10.5 Å². The SMILES string of the molecule is CC(C)[C@H](NC(=O)Nc1ccccc1)C(=O)N[C@@H]1CCOc2ccccc21. The van der Waals surface area contributed by atoms with Crippen LogP contribution in [0.25, 0.3) is 0 Å². The summed E-state index contributed by atoms with van der Waals surface area (Å²) in [5.41, 5.74) is 1.64. The zero-order chi connectivity index (χ0) is 19.2. The number of nitrogens with one attached hydrogen (secondary N) is 3. The molecule has 0 aromatic heterocycles. The molecule has 3 amide bonds. The van der Waals surface area contributed by atoms with Gasteiger partial charge in [-0.3, -0.25) is 4.79 Å². The topological polar surface area (TPSA) is 79.5 Å². The van der Waals surface area contributed by atoms with Crippen LogP contribution < -0.4 is 20.7 Å². The number of benzene rings is 2. The smallest absolute Gasteiger partial charge is 0.319 e. The highest BCUT2D eigenvalue weighted by atomic mass is 16.5. The highest BCUT2D eigenvalue weighted by molar-refractivity contribution is 5.93. The quantitative estimate of drug-likeness (QED) is 0.757. The highest BCUT2D eigenvalue weighted by Crippen LogP contribution is 2.31. The van der Waals surface area contributed by atoms with Gasteiger partial charge in [0.1, 0.15) is 11.8 Å². The molecule has 0 radical (unpaired) electrons. The van der Waals surface area contributed by atoms with Crippen molar-refractivity contribution in [2.24, 2.45) is 5.92 Å². The van der Waals surface area contributed by atoms with Gasteiger partial charge in [0.25, 0.3) is 0 Å². The van der Waals surface area contributed by atoms with Crippen molar-refractivity contribution in [2.75, 3.05) is 11.9 Å². The second-order valence-corrected chi connectivity index (χ2v) is 6.92. The Morgan fingerprint density at radius 2 is 1.74 bits per heavy atom. The summed E-state index contributed by atoms with van der Waals surface area (Å²) in [5, 5.41) is 8.60. The molecule has 1 aliphatic heterocycles. The molecule has 0 spiro atoms. The van der Waals surface area contributed by atoms with Gasteiger partial charge >= 0.3 is 6.03 Å². The van der Waals surface area contributed by atoms with Gasteiger partial charge in [0.15, 0.2) is 0 Å². The summed E-state index contributed by atoms with van der Waals surface area (Å²) in [6, 6.07) is 15.7. The van der Waals surface area contributed by atoms with Crippen LogP contribution in [0.5, 0.6) is 5.75 Å². The number of fused-ring (bicyclic) bond motifs is 1. The number of hydrogen-bond donors (Lipinski definition) is 3. The van der Waals surface area contributed by atoms with Crippen molar-refractivity contribution in [1.29, 1.82) is 0 Å². The number of hydrogen-bond acceptors (Lipinski definition) is 3. The van der Waals surface area contributed by atoms with E-state index in [0.717, 1.165) is 11.3 Å². The molecule has 0 aliphatic carbocycles. The van der Waals surface area contributed by atoms with Crippen LogP contribution >= 0.6 is 0 Å². The third kappa shape index (κ3) is 4.78. The Hall–Kier alpha value is -3.02. The minimum Gasteiger partial charge on any atom is -0.493 e. The molecule has 3 rings (SSSR count). The van der Waals surface area contributed by atoms with E-state index in [2.05, 4.69) is 16.0 Å². The summed E-state index contributed by atoms with van der Waals surface area (Å²) < 4.78 is 5.64. The predicted molar refractivity (Wildman–Crippen MR) is 105 cm³/mol. The van der Waals surface area contributed by atoms with Gasteiger partial charge in [-0.1, -0.05) is 50.2 Å². The van der Waals surface area contributed by atoms with Crippen LogP contribution in [-0.2, 0) is 4.79 Å². The summed E-state index contributed by atoms with van der Waals surface area (Å²) in [4.78, 5) is 25.2. The molecule has 142 valence electrons. The fourth-order valence-corrected chi connectivity index (χ4v) is 3.12. The third-order valence-electron chi connectivity index (χ3n) is 4.54.